The number of benzene rings is 2. The van der Waals surface area contributed by atoms with Gasteiger partial charge in [0.1, 0.15) is 5.75 Å². The van der Waals surface area contributed by atoms with Crippen LogP contribution in [-0.4, -0.2) is 27.1 Å². The molecule has 0 aromatic heterocycles. The molecule has 2 aliphatic heterocycles. The van der Waals surface area contributed by atoms with Crippen molar-refractivity contribution in [3.8, 4) is 5.75 Å². The van der Waals surface area contributed by atoms with Crippen molar-refractivity contribution < 1.29 is 18.9 Å². The smallest absolute Gasteiger partial charge is 0.164 e. The third-order valence-corrected chi connectivity index (χ3v) is 5.10. The molecule has 0 saturated carbocycles. The minimum Gasteiger partial charge on any atom is -0.497 e. The van der Waals surface area contributed by atoms with Gasteiger partial charge in [-0.15, -0.1) is 0 Å². The summed E-state index contributed by atoms with van der Waals surface area (Å²) < 4.78 is 23.3. The Labute approximate surface area is 142 Å². The molecule has 0 bridgehead atoms. The first-order valence-electron chi connectivity index (χ1n) is 8.30. The summed E-state index contributed by atoms with van der Waals surface area (Å²) in [5.74, 6) is 1.33. The normalized spacial score (nSPS) is 31.8. The van der Waals surface area contributed by atoms with Gasteiger partial charge in [-0.25, -0.2) is 0 Å². The maximum Gasteiger partial charge on any atom is 0.164 e. The minimum absolute atomic E-state index is 0.0143. The zero-order valence-electron chi connectivity index (χ0n) is 13.9. The first kappa shape index (κ1) is 15.6. The summed E-state index contributed by atoms with van der Waals surface area (Å²) in [6.07, 6.45) is -0.251. The van der Waals surface area contributed by atoms with Crippen molar-refractivity contribution in [2.45, 2.75) is 18.5 Å². The predicted octanol–water partition coefficient (Wildman–Crippen LogP) is 3.74. The van der Waals surface area contributed by atoms with Gasteiger partial charge in [-0.2, -0.15) is 0 Å². The van der Waals surface area contributed by atoms with Crippen LogP contribution in [0.5, 0.6) is 5.75 Å². The molecule has 2 heterocycles. The van der Waals surface area contributed by atoms with Crippen LogP contribution >= 0.6 is 0 Å². The number of fused-ring (bicyclic) bond motifs is 1. The molecule has 126 valence electrons. The quantitative estimate of drug-likeness (QED) is 0.857. The van der Waals surface area contributed by atoms with Crippen LogP contribution in [0.4, 0.5) is 0 Å². The average molecular weight is 326 g/mol. The van der Waals surface area contributed by atoms with Crippen molar-refractivity contribution in [2.75, 3.05) is 20.8 Å². The number of ether oxygens (including phenoxy) is 4. The standard InChI is InChI=1S/C20H22O4/c1-21-15-10-8-14(9-11-15)18-16-12-23-19(13-6-4-3-5-7-13)17(16)20(22-2)24-18/h3-11,16-20H,12H2,1-2H3/t16-,17-,18-,19-,20+/m0/s1. The molecule has 0 unspecified atom stereocenters. The van der Waals surface area contributed by atoms with E-state index in [1.165, 1.54) is 5.56 Å². The SMILES string of the molecule is COc1ccc([C@@H]2O[C@@H](OC)[C@H]3[C@@H]2CO[C@H]3c2ccccc2)cc1. The third kappa shape index (κ3) is 2.61. The second-order valence-electron chi connectivity index (χ2n) is 6.34. The largest absolute Gasteiger partial charge is 0.497 e. The van der Waals surface area contributed by atoms with Crippen molar-refractivity contribution in [1.29, 1.82) is 0 Å². The molecule has 24 heavy (non-hydrogen) atoms. The Morgan fingerprint density at radius 2 is 1.58 bits per heavy atom. The van der Waals surface area contributed by atoms with E-state index >= 15 is 0 Å². The summed E-state index contributed by atoms with van der Waals surface area (Å²) in [6.45, 7) is 0.681. The van der Waals surface area contributed by atoms with E-state index in [2.05, 4.69) is 24.3 Å². The van der Waals surface area contributed by atoms with Crippen LogP contribution in [0.2, 0.25) is 0 Å². The molecule has 0 N–H and O–H groups in total. The van der Waals surface area contributed by atoms with Gasteiger partial charge in [-0.05, 0) is 23.3 Å². The second kappa shape index (κ2) is 6.55. The van der Waals surface area contributed by atoms with E-state index in [0.717, 1.165) is 11.3 Å². The second-order valence-corrected chi connectivity index (χ2v) is 6.34. The maximum absolute atomic E-state index is 6.25. The molecule has 5 atom stereocenters. The predicted molar refractivity (Wildman–Crippen MR) is 89.7 cm³/mol. The van der Waals surface area contributed by atoms with Gasteiger partial charge < -0.3 is 18.9 Å². The fourth-order valence-corrected chi connectivity index (χ4v) is 3.92. The van der Waals surface area contributed by atoms with Crippen LogP contribution in [0.25, 0.3) is 0 Å². The van der Waals surface area contributed by atoms with Crippen LogP contribution in [-0.2, 0) is 14.2 Å². The lowest BCUT2D eigenvalue weighted by Crippen LogP contribution is -2.24. The molecular weight excluding hydrogens is 304 g/mol. The Hall–Kier alpha value is -1.88. The van der Waals surface area contributed by atoms with Crippen LogP contribution in [0.1, 0.15) is 23.3 Å². The summed E-state index contributed by atoms with van der Waals surface area (Å²) in [5, 5.41) is 0. The third-order valence-electron chi connectivity index (χ3n) is 5.10. The fourth-order valence-electron chi connectivity index (χ4n) is 3.92. The lowest BCUT2D eigenvalue weighted by atomic mass is 9.84. The van der Waals surface area contributed by atoms with Crippen LogP contribution in [0.15, 0.2) is 54.6 Å². The van der Waals surface area contributed by atoms with Gasteiger partial charge in [-0.1, -0.05) is 42.5 Å². The Morgan fingerprint density at radius 3 is 2.25 bits per heavy atom. The number of hydrogen-bond donors (Lipinski definition) is 0. The van der Waals surface area contributed by atoms with E-state index in [0.29, 0.717) is 6.61 Å². The first-order chi connectivity index (χ1) is 11.8. The molecular formula is C20H22O4. The van der Waals surface area contributed by atoms with Gasteiger partial charge >= 0.3 is 0 Å². The molecule has 4 nitrogen and oxygen atoms in total. The summed E-state index contributed by atoms with van der Waals surface area (Å²) in [4.78, 5) is 0. The Balaban J connectivity index is 1.62. The van der Waals surface area contributed by atoms with Crippen molar-refractivity contribution >= 4 is 0 Å². The van der Waals surface area contributed by atoms with Crippen molar-refractivity contribution in [3.05, 3.63) is 65.7 Å². The van der Waals surface area contributed by atoms with Gasteiger partial charge in [0.25, 0.3) is 0 Å². The van der Waals surface area contributed by atoms with Gasteiger partial charge in [0.2, 0.25) is 0 Å². The van der Waals surface area contributed by atoms with E-state index < -0.39 is 0 Å². The highest BCUT2D eigenvalue weighted by molar-refractivity contribution is 5.30. The topological polar surface area (TPSA) is 36.9 Å². The molecule has 2 aromatic carbocycles. The van der Waals surface area contributed by atoms with Crippen LogP contribution < -0.4 is 4.74 Å². The molecule has 0 amide bonds. The minimum atomic E-state index is -0.255. The zero-order valence-corrected chi connectivity index (χ0v) is 13.9. The molecule has 2 aliphatic rings. The Kier molecular flexibility index (Phi) is 4.27. The average Bonchev–Trinajstić information content (AvgIpc) is 3.23. The van der Waals surface area contributed by atoms with Crippen molar-refractivity contribution in [2.24, 2.45) is 11.8 Å². The van der Waals surface area contributed by atoms with E-state index in [4.69, 9.17) is 18.9 Å². The summed E-state index contributed by atoms with van der Waals surface area (Å²) >= 11 is 0. The summed E-state index contributed by atoms with van der Waals surface area (Å²) in [7, 11) is 3.38. The molecule has 0 spiro atoms. The van der Waals surface area contributed by atoms with Crippen LogP contribution in [0, 0.1) is 11.8 Å². The van der Waals surface area contributed by atoms with Gasteiger partial charge in [0.05, 0.1) is 25.9 Å². The maximum atomic E-state index is 6.25. The van der Waals surface area contributed by atoms with E-state index in [1.54, 1.807) is 14.2 Å². The van der Waals surface area contributed by atoms with Crippen LogP contribution in [0.3, 0.4) is 0 Å². The van der Waals surface area contributed by atoms with E-state index in [-0.39, 0.29) is 30.3 Å². The Morgan fingerprint density at radius 1 is 0.875 bits per heavy atom. The highest BCUT2D eigenvalue weighted by atomic mass is 16.7. The van der Waals surface area contributed by atoms with Gasteiger partial charge in [0.15, 0.2) is 6.29 Å². The Bertz CT molecular complexity index is 670. The number of methoxy groups -OCH3 is 2. The summed E-state index contributed by atoms with van der Waals surface area (Å²) in [6, 6.07) is 18.4. The molecule has 2 aromatic rings. The highest BCUT2D eigenvalue weighted by Gasteiger charge is 2.53. The lowest BCUT2D eigenvalue weighted by Gasteiger charge is -2.22. The molecule has 4 rings (SSSR count). The van der Waals surface area contributed by atoms with Gasteiger partial charge in [-0.3, -0.25) is 0 Å². The first-order valence-corrected chi connectivity index (χ1v) is 8.30. The zero-order chi connectivity index (χ0) is 16.5. The lowest BCUT2D eigenvalue weighted by molar-refractivity contribution is -0.153. The fraction of sp³-hybridized carbons (Fsp3) is 0.400. The monoisotopic (exact) mass is 326 g/mol. The van der Waals surface area contributed by atoms with Gasteiger partial charge in [0, 0.05) is 18.9 Å². The molecule has 2 fully saturated rings. The molecule has 0 radical (unpaired) electrons. The van der Waals surface area contributed by atoms with E-state index in [1.807, 2.05) is 30.3 Å². The number of hydrogen-bond acceptors (Lipinski definition) is 4. The molecule has 4 heteroatoms. The summed E-state index contributed by atoms with van der Waals surface area (Å²) in [5.41, 5.74) is 2.33. The van der Waals surface area contributed by atoms with Crippen molar-refractivity contribution in [3.63, 3.8) is 0 Å². The number of rotatable bonds is 4. The van der Waals surface area contributed by atoms with E-state index in [9.17, 15) is 0 Å². The van der Waals surface area contributed by atoms with Crippen molar-refractivity contribution in [1.82, 2.24) is 0 Å². The molecule has 2 saturated heterocycles. The molecule has 0 aliphatic carbocycles. The highest BCUT2D eigenvalue weighted by Crippen LogP contribution is 2.53.